The van der Waals surface area contributed by atoms with Crippen LogP contribution in [0.1, 0.15) is 16.1 Å². The summed E-state index contributed by atoms with van der Waals surface area (Å²) >= 11 is 0. The SMILES string of the molecule is O=CC=Cc1ccc(C=O)cn1. The van der Waals surface area contributed by atoms with Crippen LogP contribution < -0.4 is 0 Å². The Balaban J connectivity index is 2.84. The molecule has 0 radical (unpaired) electrons. The Morgan fingerprint density at radius 1 is 1.25 bits per heavy atom. The van der Waals surface area contributed by atoms with Crippen LogP contribution in [0.3, 0.4) is 0 Å². The lowest BCUT2D eigenvalue weighted by molar-refractivity contribution is -0.104. The zero-order chi connectivity index (χ0) is 8.81. The molecule has 12 heavy (non-hydrogen) atoms. The summed E-state index contributed by atoms with van der Waals surface area (Å²) in [4.78, 5) is 24.1. The third kappa shape index (κ3) is 2.12. The second-order valence-corrected chi connectivity index (χ2v) is 2.13. The van der Waals surface area contributed by atoms with E-state index in [-0.39, 0.29) is 0 Å². The first-order valence-electron chi connectivity index (χ1n) is 3.40. The van der Waals surface area contributed by atoms with Crippen molar-refractivity contribution >= 4 is 18.6 Å². The minimum atomic E-state index is 0.526. The van der Waals surface area contributed by atoms with Crippen LogP contribution in [0.2, 0.25) is 0 Å². The van der Waals surface area contributed by atoms with Gasteiger partial charge in [0.1, 0.15) is 6.29 Å². The lowest BCUT2D eigenvalue weighted by Gasteiger charge is -1.90. The highest BCUT2D eigenvalue weighted by atomic mass is 16.1. The predicted octanol–water partition coefficient (Wildman–Crippen LogP) is 1.11. The molecular formula is C9H7NO2. The Morgan fingerprint density at radius 3 is 2.58 bits per heavy atom. The number of rotatable bonds is 3. The fourth-order valence-electron chi connectivity index (χ4n) is 0.723. The summed E-state index contributed by atoms with van der Waals surface area (Å²) in [5, 5.41) is 0. The van der Waals surface area contributed by atoms with Crippen LogP contribution in [0.4, 0.5) is 0 Å². The number of carbonyl (C=O) groups excluding carboxylic acids is 2. The van der Waals surface area contributed by atoms with Gasteiger partial charge in [-0.3, -0.25) is 14.6 Å². The normalized spacial score (nSPS) is 10.0. The number of hydrogen-bond donors (Lipinski definition) is 0. The molecule has 3 nitrogen and oxygen atoms in total. The highest BCUT2D eigenvalue weighted by Gasteiger charge is 1.89. The molecule has 0 unspecified atom stereocenters. The van der Waals surface area contributed by atoms with Crippen LogP contribution in [0.25, 0.3) is 6.08 Å². The molecule has 1 aromatic rings. The number of aldehydes is 2. The molecule has 0 amide bonds. The standard InChI is InChI=1S/C9H7NO2/c11-5-1-2-9-4-3-8(7-12)6-10-9/h1-7H. The van der Waals surface area contributed by atoms with E-state index in [2.05, 4.69) is 4.98 Å². The molecule has 0 aliphatic rings. The van der Waals surface area contributed by atoms with E-state index in [1.165, 1.54) is 12.3 Å². The van der Waals surface area contributed by atoms with Crippen molar-refractivity contribution < 1.29 is 9.59 Å². The van der Waals surface area contributed by atoms with Crippen molar-refractivity contribution in [3.63, 3.8) is 0 Å². The van der Waals surface area contributed by atoms with E-state index < -0.39 is 0 Å². The molecule has 0 aliphatic carbocycles. The Morgan fingerprint density at radius 2 is 2.08 bits per heavy atom. The largest absolute Gasteiger partial charge is 0.299 e. The number of carbonyl (C=O) groups is 2. The first-order chi connectivity index (χ1) is 5.86. The van der Waals surface area contributed by atoms with Gasteiger partial charge in [0.25, 0.3) is 0 Å². The van der Waals surface area contributed by atoms with Crippen LogP contribution >= 0.6 is 0 Å². The molecular weight excluding hydrogens is 154 g/mol. The molecule has 0 saturated carbocycles. The number of nitrogens with zero attached hydrogens (tertiary/aromatic N) is 1. The van der Waals surface area contributed by atoms with Gasteiger partial charge >= 0.3 is 0 Å². The molecule has 60 valence electrons. The Kier molecular flexibility index (Phi) is 2.90. The van der Waals surface area contributed by atoms with Gasteiger partial charge in [0.2, 0.25) is 0 Å². The second-order valence-electron chi connectivity index (χ2n) is 2.13. The van der Waals surface area contributed by atoms with Crippen molar-refractivity contribution in [3.8, 4) is 0 Å². The fraction of sp³-hybridized carbons (Fsp3) is 0. The first-order valence-corrected chi connectivity index (χ1v) is 3.40. The molecule has 0 fully saturated rings. The van der Waals surface area contributed by atoms with E-state index in [9.17, 15) is 9.59 Å². The van der Waals surface area contributed by atoms with Gasteiger partial charge in [-0.05, 0) is 24.3 Å². The molecule has 0 spiro atoms. The summed E-state index contributed by atoms with van der Waals surface area (Å²) in [6.07, 6.45) is 5.78. The molecule has 1 heterocycles. The van der Waals surface area contributed by atoms with Gasteiger partial charge in [-0.25, -0.2) is 0 Å². The third-order valence-electron chi connectivity index (χ3n) is 1.29. The van der Waals surface area contributed by atoms with Crippen LogP contribution in [-0.2, 0) is 4.79 Å². The topological polar surface area (TPSA) is 47.0 Å². The van der Waals surface area contributed by atoms with Gasteiger partial charge in [0.15, 0.2) is 6.29 Å². The highest BCUT2D eigenvalue weighted by Crippen LogP contribution is 1.98. The predicted molar refractivity (Wildman–Crippen MR) is 44.7 cm³/mol. The Bertz CT molecular complexity index is 301. The zero-order valence-electron chi connectivity index (χ0n) is 6.31. The van der Waals surface area contributed by atoms with Crippen molar-refractivity contribution in [1.82, 2.24) is 4.98 Å². The van der Waals surface area contributed by atoms with E-state index in [1.54, 1.807) is 18.2 Å². The number of hydrogen-bond acceptors (Lipinski definition) is 3. The van der Waals surface area contributed by atoms with E-state index in [1.807, 2.05) is 0 Å². The summed E-state index contributed by atoms with van der Waals surface area (Å²) < 4.78 is 0. The van der Waals surface area contributed by atoms with Gasteiger partial charge < -0.3 is 0 Å². The summed E-state index contributed by atoms with van der Waals surface area (Å²) in [5.41, 5.74) is 1.19. The average Bonchev–Trinajstić information content (AvgIpc) is 2.15. The monoisotopic (exact) mass is 161 g/mol. The highest BCUT2D eigenvalue weighted by molar-refractivity contribution is 5.75. The smallest absolute Gasteiger partial charge is 0.151 e. The van der Waals surface area contributed by atoms with Gasteiger partial charge in [-0.15, -0.1) is 0 Å². The van der Waals surface area contributed by atoms with Crippen LogP contribution in [0, 0.1) is 0 Å². The third-order valence-corrected chi connectivity index (χ3v) is 1.29. The van der Waals surface area contributed by atoms with Gasteiger partial charge in [0, 0.05) is 11.8 Å². The van der Waals surface area contributed by atoms with E-state index in [0.29, 0.717) is 17.5 Å². The second kappa shape index (κ2) is 4.18. The maximum Gasteiger partial charge on any atom is 0.151 e. The molecule has 3 heteroatoms. The number of allylic oxidation sites excluding steroid dienone is 1. The van der Waals surface area contributed by atoms with Crippen molar-refractivity contribution in [2.24, 2.45) is 0 Å². The van der Waals surface area contributed by atoms with Crippen molar-refractivity contribution in [2.75, 3.05) is 0 Å². The fourth-order valence-corrected chi connectivity index (χ4v) is 0.723. The summed E-state index contributed by atoms with van der Waals surface area (Å²) in [6, 6.07) is 3.31. The number of aromatic nitrogens is 1. The maximum absolute atomic E-state index is 10.2. The van der Waals surface area contributed by atoms with Crippen LogP contribution in [0.15, 0.2) is 24.4 Å². The average molecular weight is 161 g/mol. The van der Waals surface area contributed by atoms with E-state index >= 15 is 0 Å². The summed E-state index contributed by atoms with van der Waals surface area (Å²) in [6.45, 7) is 0. The van der Waals surface area contributed by atoms with Crippen molar-refractivity contribution in [3.05, 3.63) is 35.7 Å². The summed E-state index contributed by atoms with van der Waals surface area (Å²) in [7, 11) is 0. The molecule has 0 aliphatic heterocycles. The minimum absolute atomic E-state index is 0.526. The maximum atomic E-state index is 10.2. The molecule has 0 N–H and O–H groups in total. The van der Waals surface area contributed by atoms with Crippen molar-refractivity contribution in [2.45, 2.75) is 0 Å². The molecule has 0 bridgehead atoms. The van der Waals surface area contributed by atoms with Crippen LogP contribution in [0.5, 0.6) is 0 Å². The molecule has 1 aromatic heterocycles. The molecule has 0 atom stereocenters. The van der Waals surface area contributed by atoms with Gasteiger partial charge in [0.05, 0.1) is 5.69 Å². The van der Waals surface area contributed by atoms with E-state index in [0.717, 1.165) is 6.29 Å². The summed E-state index contributed by atoms with van der Waals surface area (Å²) in [5.74, 6) is 0. The first kappa shape index (κ1) is 8.33. The van der Waals surface area contributed by atoms with Gasteiger partial charge in [-0.1, -0.05) is 0 Å². The lowest BCUT2D eigenvalue weighted by Crippen LogP contribution is -1.84. The van der Waals surface area contributed by atoms with Crippen molar-refractivity contribution in [1.29, 1.82) is 0 Å². The molecule has 0 aromatic carbocycles. The molecule has 1 rings (SSSR count). The lowest BCUT2D eigenvalue weighted by atomic mass is 10.2. The van der Waals surface area contributed by atoms with Crippen LogP contribution in [-0.4, -0.2) is 17.6 Å². The minimum Gasteiger partial charge on any atom is -0.299 e. The molecule has 0 saturated heterocycles. The van der Waals surface area contributed by atoms with E-state index in [4.69, 9.17) is 0 Å². The van der Waals surface area contributed by atoms with Gasteiger partial charge in [-0.2, -0.15) is 0 Å². The Hall–Kier alpha value is -1.77. The number of pyridine rings is 1. The Labute approximate surface area is 69.7 Å². The quantitative estimate of drug-likeness (QED) is 0.492. The zero-order valence-corrected chi connectivity index (χ0v) is 6.31.